The van der Waals surface area contributed by atoms with Gasteiger partial charge in [0, 0.05) is 18.3 Å². The van der Waals surface area contributed by atoms with Crippen LogP contribution in [0, 0.1) is 0 Å². The number of carbonyl (C=O) groups excluding carboxylic acids is 1. The number of rotatable bonds is 6. The molecule has 0 aromatic rings. The van der Waals surface area contributed by atoms with Gasteiger partial charge in [-0.2, -0.15) is 11.8 Å². The van der Waals surface area contributed by atoms with Gasteiger partial charge >= 0.3 is 5.97 Å². The van der Waals surface area contributed by atoms with Gasteiger partial charge in [-0.1, -0.05) is 0 Å². The molecular weight excluding hydrogens is 226 g/mol. The third-order valence-electron chi connectivity index (χ3n) is 2.51. The zero-order chi connectivity index (χ0) is 11.8. The number of aliphatic hydroxyl groups is 1. The van der Waals surface area contributed by atoms with Crippen LogP contribution in [0.4, 0.5) is 0 Å². The van der Waals surface area contributed by atoms with Gasteiger partial charge in [0.2, 0.25) is 0 Å². The van der Waals surface area contributed by atoms with Crippen LogP contribution in [0.1, 0.15) is 26.2 Å². The fourth-order valence-electron chi connectivity index (χ4n) is 1.69. The van der Waals surface area contributed by atoms with Crippen LogP contribution < -0.4 is 5.32 Å². The van der Waals surface area contributed by atoms with Crippen LogP contribution in [0.25, 0.3) is 0 Å². The van der Waals surface area contributed by atoms with Crippen molar-refractivity contribution in [3.63, 3.8) is 0 Å². The van der Waals surface area contributed by atoms with E-state index < -0.39 is 6.10 Å². The molecule has 1 saturated heterocycles. The summed E-state index contributed by atoms with van der Waals surface area (Å²) in [5.74, 6) is 2.02. The average Bonchev–Trinajstić information content (AvgIpc) is 2.28. The highest BCUT2D eigenvalue weighted by atomic mass is 32.2. The van der Waals surface area contributed by atoms with E-state index >= 15 is 0 Å². The number of aliphatic hydroxyl groups excluding tert-OH is 1. The molecule has 0 saturated carbocycles. The van der Waals surface area contributed by atoms with Crippen molar-refractivity contribution < 1.29 is 14.6 Å². The van der Waals surface area contributed by atoms with Crippen LogP contribution in [-0.4, -0.2) is 47.9 Å². The lowest BCUT2D eigenvalue weighted by atomic mass is 10.1. The van der Waals surface area contributed by atoms with E-state index in [9.17, 15) is 9.90 Å². The van der Waals surface area contributed by atoms with E-state index in [1.807, 2.05) is 11.8 Å². The SMILES string of the molecule is CCOC(=O)CC(O)CNC1CCCSC1. The summed E-state index contributed by atoms with van der Waals surface area (Å²) >= 11 is 1.94. The Hall–Kier alpha value is -0.260. The molecule has 2 unspecified atom stereocenters. The molecule has 1 aliphatic rings. The van der Waals surface area contributed by atoms with E-state index in [0.717, 1.165) is 5.75 Å². The van der Waals surface area contributed by atoms with Crippen LogP contribution in [0.5, 0.6) is 0 Å². The number of hydrogen-bond acceptors (Lipinski definition) is 5. The van der Waals surface area contributed by atoms with Crippen molar-refractivity contribution in [1.82, 2.24) is 5.32 Å². The topological polar surface area (TPSA) is 58.6 Å². The maximum atomic E-state index is 11.1. The standard InChI is InChI=1S/C11H21NO3S/c1-2-15-11(14)6-10(13)7-12-9-4-3-5-16-8-9/h9-10,12-13H,2-8H2,1H3. The Balaban J connectivity index is 2.08. The first kappa shape index (κ1) is 13.8. The van der Waals surface area contributed by atoms with Crippen LogP contribution in [-0.2, 0) is 9.53 Å². The Morgan fingerprint density at radius 2 is 2.50 bits per heavy atom. The lowest BCUT2D eigenvalue weighted by Crippen LogP contribution is -2.39. The highest BCUT2D eigenvalue weighted by Gasteiger charge is 2.16. The van der Waals surface area contributed by atoms with Crippen molar-refractivity contribution in [3.8, 4) is 0 Å². The third-order valence-corrected chi connectivity index (χ3v) is 3.73. The average molecular weight is 247 g/mol. The third kappa shape index (κ3) is 5.72. The molecular formula is C11H21NO3S. The molecule has 0 amide bonds. The molecule has 16 heavy (non-hydrogen) atoms. The molecule has 2 N–H and O–H groups in total. The first-order valence-corrected chi connectivity index (χ1v) is 7.02. The van der Waals surface area contributed by atoms with Gasteiger partial charge in [0.25, 0.3) is 0 Å². The second-order valence-electron chi connectivity index (χ2n) is 3.99. The summed E-state index contributed by atoms with van der Waals surface area (Å²) in [7, 11) is 0. The van der Waals surface area contributed by atoms with E-state index in [0.29, 0.717) is 19.2 Å². The van der Waals surface area contributed by atoms with Crippen molar-refractivity contribution in [3.05, 3.63) is 0 Å². The molecule has 4 nitrogen and oxygen atoms in total. The minimum atomic E-state index is -0.633. The first-order valence-electron chi connectivity index (χ1n) is 5.87. The Morgan fingerprint density at radius 1 is 1.69 bits per heavy atom. The number of esters is 1. The Labute approximate surface area is 101 Å². The van der Waals surface area contributed by atoms with Crippen LogP contribution >= 0.6 is 11.8 Å². The second-order valence-corrected chi connectivity index (χ2v) is 5.14. The number of thioether (sulfide) groups is 1. The maximum Gasteiger partial charge on any atom is 0.308 e. The highest BCUT2D eigenvalue weighted by molar-refractivity contribution is 7.99. The summed E-state index contributed by atoms with van der Waals surface area (Å²) in [5, 5.41) is 12.9. The summed E-state index contributed by atoms with van der Waals surface area (Å²) in [6, 6.07) is 0.482. The van der Waals surface area contributed by atoms with Crippen LogP contribution in [0.3, 0.4) is 0 Å². The molecule has 1 fully saturated rings. The predicted molar refractivity (Wildman–Crippen MR) is 65.6 cm³/mol. The molecule has 5 heteroatoms. The zero-order valence-corrected chi connectivity index (χ0v) is 10.6. The Bertz CT molecular complexity index is 207. The molecule has 0 spiro atoms. The number of hydrogen-bond donors (Lipinski definition) is 2. The van der Waals surface area contributed by atoms with E-state index in [-0.39, 0.29) is 12.4 Å². The largest absolute Gasteiger partial charge is 0.466 e. The van der Waals surface area contributed by atoms with Crippen molar-refractivity contribution >= 4 is 17.7 Å². The minimum absolute atomic E-state index is 0.0840. The molecule has 1 rings (SSSR count). The summed E-state index contributed by atoms with van der Waals surface area (Å²) < 4.78 is 4.77. The molecule has 2 atom stereocenters. The number of nitrogens with one attached hydrogen (secondary N) is 1. The van der Waals surface area contributed by atoms with E-state index in [4.69, 9.17) is 4.74 Å². The predicted octanol–water partition coefficient (Wildman–Crippen LogP) is 0.786. The molecule has 0 radical (unpaired) electrons. The Morgan fingerprint density at radius 3 is 3.12 bits per heavy atom. The lowest BCUT2D eigenvalue weighted by molar-refractivity contribution is -0.145. The van der Waals surface area contributed by atoms with Crippen LogP contribution in [0.2, 0.25) is 0 Å². The smallest absolute Gasteiger partial charge is 0.308 e. The van der Waals surface area contributed by atoms with Gasteiger partial charge in [-0.05, 0) is 25.5 Å². The fourth-order valence-corrected chi connectivity index (χ4v) is 2.80. The van der Waals surface area contributed by atoms with Gasteiger partial charge < -0.3 is 15.2 Å². The monoisotopic (exact) mass is 247 g/mol. The summed E-state index contributed by atoms with van der Waals surface area (Å²) in [4.78, 5) is 11.1. The molecule has 0 aliphatic carbocycles. The van der Waals surface area contributed by atoms with Crippen LogP contribution in [0.15, 0.2) is 0 Å². The van der Waals surface area contributed by atoms with Crippen molar-refractivity contribution in [1.29, 1.82) is 0 Å². The normalized spacial score (nSPS) is 22.8. The van der Waals surface area contributed by atoms with Crippen molar-refractivity contribution in [2.24, 2.45) is 0 Å². The zero-order valence-electron chi connectivity index (χ0n) is 9.78. The van der Waals surface area contributed by atoms with Gasteiger partial charge in [0.1, 0.15) is 0 Å². The minimum Gasteiger partial charge on any atom is -0.466 e. The van der Waals surface area contributed by atoms with Gasteiger partial charge in [0.15, 0.2) is 0 Å². The molecule has 0 aromatic carbocycles. The highest BCUT2D eigenvalue weighted by Crippen LogP contribution is 2.16. The summed E-state index contributed by atoms with van der Waals surface area (Å²) in [5.41, 5.74) is 0. The maximum absolute atomic E-state index is 11.1. The van der Waals surface area contributed by atoms with E-state index in [1.54, 1.807) is 6.92 Å². The second kappa shape index (κ2) is 7.92. The summed E-state index contributed by atoms with van der Waals surface area (Å²) in [6.07, 6.45) is 1.85. The molecule has 0 aromatic heterocycles. The lowest BCUT2D eigenvalue weighted by Gasteiger charge is -2.23. The summed E-state index contributed by atoms with van der Waals surface area (Å²) in [6.45, 7) is 2.62. The van der Waals surface area contributed by atoms with E-state index in [1.165, 1.54) is 18.6 Å². The van der Waals surface area contributed by atoms with Crippen molar-refractivity contribution in [2.45, 2.75) is 38.3 Å². The molecule has 1 aliphatic heterocycles. The molecule has 1 heterocycles. The number of carbonyl (C=O) groups is 1. The van der Waals surface area contributed by atoms with Gasteiger partial charge in [0.05, 0.1) is 19.1 Å². The number of ether oxygens (including phenoxy) is 1. The Kier molecular flexibility index (Phi) is 6.84. The quantitative estimate of drug-likeness (QED) is 0.680. The fraction of sp³-hybridized carbons (Fsp3) is 0.909. The molecule has 0 bridgehead atoms. The van der Waals surface area contributed by atoms with Gasteiger partial charge in [-0.3, -0.25) is 4.79 Å². The van der Waals surface area contributed by atoms with Crippen molar-refractivity contribution in [2.75, 3.05) is 24.7 Å². The molecule has 94 valence electrons. The van der Waals surface area contributed by atoms with Gasteiger partial charge in [-0.15, -0.1) is 0 Å². The first-order chi connectivity index (χ1) is 7.72. The van der Waals surface area contributed by atoms with E-state index in [2.05, 4.69) is 5.32 Å². The van der Waals surface area contributed by atoms with Gasteiger partial charge in [-0.25, -0.2) is 0 Å².